The van der Waals surface area contributed by atoms with E-state index in [1.807, 2.05) is 0 Å². The molecular weight excluding hydrogens is 220 g/mol. The first kappa shape index (κ1) is 14.7. The molecule has 0 aromatic rings. The number of hydrogen-bond acceptors (Lipinski definition) is 4. The van der Waals surface area contributed by atoms with E-state index in [9.17, 15) is 9.18 Å². The van der Waals surface area contributed by atoms with Crippen LogP contribution in [-0.2, 0) is 4.79 Å². The van der Waals surface area contributed by atoms with Gasteiger partial charge in [-0.25, -0.2) is 4.79 Å². The summed E-state index contributed by atoms with van der Waals surface area (Å²) in [6.07, 6.45) is 0. The minimum Gasteiger partial charge on any atom is -0.476 e. The molecule has 0 heterocycles. The number of aliphatic carboxylic acids is 1. The normalized spacial score (nSPS) is 15.1. The van der Waals surface area contributed by atoms with Crippen molar-refractivity contribution in [1.29, 1.82) is 0 Å². The van der Waals surface area contributed by atoms with Crippen LogP contribution in [0.5, 0.6) is 0 Å². The molecule has 0 bridgehead atoms. The highest BCUT2D eigenvalue weighted by molar-refractivity contribution is 7.70. The lowest BCUT2D eigenvalue weighted by atomic mass is 10.8. The lowest BCUT2D eigenvalue weighted by molar-refractivity contribution is -0.140. The second-order valence-corrected chi connectivity index (χ2v) is 7.91. The van der Waals surface area contributed by atoms with Gasteiger partial charge in [0.15, 0.2) is 0 Å². The van der Waals surface area contributed by atoms with Crippen molar-refractivity contribution in [1.82, 2.24) is 14.0 Å². The number of nitrogens with zero attached hydrogens (tertiary/aromatic N) is 3. The molecule has 0 aliphatic heterocycles. The number of rotatable bonds is 5. The number of halogens is 1. The maximum Gasteiger partial charge on any atom is 0.383 e. The Hall–Kier alpha value is -0.290. The highest BCUT2D eigenvalue weighted by Crippen LogP contribution is 2.67. The van der Waals surface area contributed by atoms with Gasteiger partial charge in [0.2, 0.25) is 0 Å². The SMILES string of the molecule is CN(C)[P+](C(F)C(=O)O)(N(C)C)N(C)C. The number of hydrogen-bond donors (Lipinski definition) is 1. The summed E-state index contributed by atoms with van der Waals surface area (Å²) in [7, 11) is 7.56. The van der Waals surface area contributed by atoms with E-state index < -0.39 is 19.6 Å². The van der Waals surface area contributed by atoms with Crippen molar-refractivity contribution in [2.75, 3.05) is 42.3 Å². The van der Waals surface area contributed by atoms with Gasteiger partial charge in [0.25, 0.3) is 7.71 Å². The van der Waals surface area contributed by atoms with Crippen LogP contribution in [-0.4, -0.2) is 73.3 Å². The molecule has 0 amide bonds. The highest BCUT2D eigenvalue weighted by Gasteiger charge is 2.59. The molecular formula is C8H20FN3O2P+. The van der Waals surface area contributed by atoms with Gasteiger partial charge in [0.05, 0.1) is 0 Å². The molecule has 1 N–H and O–H groups in total. The van der Waals surface area contributed by atoms with Crippen molar-refractivity contribution < 1.29 is 14.3 Å². The van der Waals surface area contributed by atoms with Crippen LogP contribution in [0.3, 0.4) is 0 Å². The third-order valence-corrected chi connectivity index (χ3v) is 6.64. The number of alkyl halides is 1. The zero-order valence-electron chi connectivity index (χ0n) is 10.1. The van der Waals surface area contributed by atoms with Gasteiger partial charge in [-0.1, -0.05) is 0 Å². The maximum absolute atomic E-state index is 13.9. The summed E-state index contributed by atoms with van der Waals surface area (Å²) in [5.41, 5.74) is 0. The Morgan fingerprint density at radius 3 is 1.40 bits per heavy atom. The summed E-state index contributed by atoms with van der Waals surface area (Å²) in [4.78, 5) is 10.8. The summed E-state index contributed by atoms with van der Waals surface area (Å²) >= 11 is 0. The van der Waals surface area contributed by atoms with Gasteiger partial charge >= 0.3 is 11.9 Å². The minimum absolute atomic E-state index is 1.42. The monoisotopic (exact) mass is 240 g/mol. The van der Waals surface area contributed by atoms with Crippen LogP contribution < -0.4 is 0 Å². The van der Waals surface area contributed by atoms with Gasteiger partial charge in [-0.15, -0.1) is 0 Å². The molecule has 15 heavy (non-hydrogen) atoms. The molecule has 0 aliphatic rings. The van der Waals surface area contributed by atoms with Crippen LogP contribution in [0.4, 0.5) is 4.39 Å². The Balaban J connectivity index is 5.42. The van der Waals surface area contributed by atoms with Crippen molar-refractivity contribution in [3.8, 4) is 0 Å². The Morgan fingerprint density at radius 1 is 1.07 bits per heavy atom. The van der Waals surface area contributed by atoms with Crippen molar-refractivity contribution in [3.63, 3.8) is 0 Å². The van der Waals surface area contributed by atoms with Crippen molar-refractivity contribution in [3.05, 3.63) is 0 Å². The first-order valence-electron chi connectivity index (χ1n) is 4.48. The first-order valence-corrected chi connectivity index (χ1v) is 6.19. The number of carboxylic acids is 1. The standard InChI is InChI=1S/C8H19FN3O2P/c1-10(2)15(11(3)4,12(5)6)7(9)8(13)14/h7H,1-6H3/p+1. The Labute approximate surface area is 90.9 Å². The van der Waals surface area contributed by atoms with Gasteiger partial charge < -0.3 is 5.11 Å². The summed E-state index contributed by atoms with van der Waals surface area (Å²) in [6, 6.07) is 0. The van der Waals surface area contributed by atoms with Gasteiger partial charge in [-0.3, -0.25) is 0 Å². The second-order valence-electron chi connectivity index (χ2n) is 3.83. The van der Waals surface area contributed by atoms with Gasteiger partial charge in [0.1, 0.15) is 0 Å². The van der Waals surface area contributed by atoms with Crippen LogP contribution in [0, 0.1) is 0 Å². The van der Waals surface area contributed by atoms with Gasteiger partial charge in [-0.2, -0.15) is 18.4 Å². The average Bonchev–Trinajstić information content (AvgIpc) is 2.02. The zero-order chi connectivity index (χ0) is 12.4. The van der Waals surface area contributed by atoms with E-state index in [0.717, 1.165) is 0 Å². The third kappa shape index (κ3) is 2.45. The second kappa shape index (κ2) is 5.16. The molecule has 5 nitrogen and oxygen atoms in total. The van der Waals surface area contributed by atoms with Gasteiger partial charge in [-0.05, 0) is 0 Å². The summed E-state index contributed by atoms with van der Waals surface area (Å²) in [5, 5.41) is 8.84. The highest BCUT2D eigenvalue weighted by atomic mass is 31.2. The van der Waals surface area contributed by atoms with Crippen LogP contribution >= 0.6 is 7.71 Å². The fraction of sp³-hybridized carbons (Fsp3) is 0.875. The Kier molecular flexibility index (Phi) is 5.06. The summed E-state index contributed by atoms with van der Waals surface area (Å²) in [5.74, 6) is -3.32. The van der Waals surface area contributed by atoms with E-state index in [2.05, 4.69) is 0 Å². The van der Waals surface area contributed by atoms with E-state index in [-0.39, 0.29) is 0 Å². The quantitative estimate of drug-likeness (QED) is 0.721. The molecule has 0 aromatic carbocycles. The number of carboxylic acid groups (broad SMARTS) is 1. The molecule has 1 unspecified atom stereocenters. The molecule has 1 atom stereocenters. The van der Waals surface area contributed by atoms with Crippen molar-refractivity contribution in [2.45, 2.75) is 5.91 Å². The third-order valence-electron chi connectivity index (χ3n) is 2.27. The molecule has 0 saturated carbocycles. The zero-order valence-corrected chi connectivity index (χ0v) is 11.0. The molecule has 7 heteroatoms. The van der Waals surface area contributed by atoms with Crippen LogP contribution in [0.2, 0.25) is 0 Å². The maximum atomic E-state index is 13.9. The number of carbonyl (C=O) groups is 1. The predicted octanol–water partition coefficient (Wildman–Crippen LogP) is 0.814. The molecule has 0 rings (SSSR count). The molecule has 0 aromatic heterocycles. The fourth-order valence-electron chi connectivity index (χ4n) is 1.83. The average molecular weight is 240 g/mol. The first-order chi connectivity index (χ1) is 6.68. The van der Waals surface area contributed by atoms with E-state index >= 15 is 0 Å². The molecule has 0 saturated heterocycles. The summed E-state index contributed by atoms with van der Waals surface area (Å²) < 4.78 is 18.9. The van der Waals surface area contributed by atoms with Crippen LogP contribution in [0.25, 0.3) is 0 Å². The van der Waals surface area contributed by atoms with E-state index in [1.54, 1.807) is 56.3 Å². The fourth-order valence-corrected chi connectivity index (χ4v) is 5.49. The summed E-state index contributed by atoms with van der Waals surface area (Å²) in [6.45, 7) is 0. The van der Waals surface area contributed by atoms with E-state index in [1.165, 1.54) is 0 Å². The molecule has 0 aliphatic carbocycles. The van der Waals surface area contributed by atoms with Crippen molar-refractivity contribution >= 4 is 13.7 Å². The minimum atomic E-state index is -2.63. The lowest BCUT2D eigenvalue weighted by Crippen LogP contribution is -2.43. The molecule has 0 spiro atoms. The Bertz CT molecular complexity index is 214. The Morgan fingerprint density at radius 2 is 1.33 bits per heavy atom. The van der Waals surface area contributed by atoms with E-state index in [4.69, 9.17) is 5.11 Å². The largest absolute Gasteiger partial charge is 0.476 e. The lowest BCUT2D eigenvalue weighted by Gasteiger charge is -2.40. The van der Waals surface area contributed by atoms with Crippen LogP contribution in [0.1, 0.15) is 0 Å². The smallest absolute Gasteiger partial charge is 0.383 e. The predicted molar refractivity (Wildman–Crippen MR) is 60.5 cm³/mol. The topological polar surface area (TPSA) is 47.0 Å². The van der Waals surface area contributed by atoms with Gasteiger partial charge in [0, 0.05) is 42.3 Å². The molecule has 0 fully saturated rings. The molecule has 0 radical (unpaired) electrons. The van der Waals surface area contributed by atoms with Crippen LogP contribution in [0.15, 0.2) is 0 Å². The van der Waals surface area contributed by atoms with E-state index in [0.29, 0.717) is 0 Å². The van der Waals surface area contributed by atoms with Crippen molar-refractivity contribution in [2.24, 2.45) is 0 Å². The molecule has 90 valence electrons.